The molecule has 2 aromatic carbocycles. The van der Waals surface area contributed by atoms with Gasteiger partial charge in [0, 0.05) is 4.90 Å². The lowest BCUT2D eigenvalue weighted by molar-refractivity contribution is 1.02. The van der Waals surface area contributed by atoms with E-state index in [2.05, 4.69) is 26.7 Å². The minimum Gasteiger partial charge on any atom is -0.275 e. The fraction of sp³-hybridized carbons (Fsp3) is 0.0625. The van der Waals surface area contributed by atoms with Crippen LogP contribution in [0.25, 0.3) is 16.7 Å². The zero-order valence-electron chi connectivity index (χ0n) is 11.4. The number of hydrogen-bond donors (Lipinski definition) is 0. The van der Waals surface area contributed by atoms with Gasteiger partial charge in [-0.1, -0.05) is 42.1 Å². The molecule has 0 radical (unpaired) electrons. The Balaban J connectivity index is 1.99. The van der Waals surface area contributed by atoms with E-state index in [0.717, 1.165) is 32.4 Å². The first-order chi connectivity index (χ1) is 10.3. The van der Waals surface area contributed by atoms with Crippen LogP contribution in [0.3, 0.4) is 0 Å². The summed E-state index contributed by atoms with van der Waals surface area (Å²) >= 11 is 1.61. The summed E-state index contributed by atoms with van der Waals surface area (Å²) in [6.07, 6.45) is 0. The van der Waals surface area contributed by atoms with Crippen LogP contribution < -0.4 is 0 Å². The summed E-state index contributed by atoms with van der Waals surface area (Å²) in [6, 6.07) is 18.3. The third kappa shape index (κ3) is 2.06. The molecule has 0 unspecified atom stereocenters. The number of aromatic nitrogens is 4. The van der Waals surface area contributed by atoms with Crippen LogP contribution in [0, 0.1) is 6.92 Å². The highest BCUT2D eigenvalue weighted by Crippen LogP contribution is 2.30. The molecule has 2 aromatic heterocycles. The molecule has 0 fully saturated rings. The number of rotatable bonds is 2. The molecule has 4 nitrogen and oxygen atoms in total. The van der Waals surface area contributed by atoms with Crippen LogP contribution >= 0.6 is 11.8 Å². The molecule has 21 heavy (non-hydrogen) atoms. The molecule has 0 N–H and O–H groups in total. The second-order valence-electron chi connectivity index (χ2n) is 4.73. The molecule has 0 saturated heterocycles. The Morgan fingerprint density at radius 1 is 0.905 bits per heavy atom. The average Bonchev–Trinajstić information content (AvgIpc) is 2.91. The lowest BCUT2D eigenvalue weighted by Crippen LogP contribution is -1.96. The monoisotopic (exact) mass is 292 g/mol. The maximum Gasteiger partial charge on any atom is 0.194 e. The summed E-state index contributed by atoms with van der Waals surface area (Å²) in [5.41, 5.74) is 2.79. The van der Waals surface area contributed by atoms with Crippen LogP contribution in [0.4, 0.5) is 0 Å². The van der Waals surface area contributed by atoms with Gasteiger partial charge >= 0.3 is 0 Å². The van der Waals surface area contributed by atoms with Gasteiger partial charge in [0.2, 0.25) is 0 Å². The number of aryl methyl sites for hydroxylation is 1. The normalized spacial score (nSPS) is 11.3. The second kappa shape index (κ2) is 4.86. The third-order valence-electron chi connectivity index (χ3n) is 3.32. The summed E-state index contributed by atoms with van der Waals surface area (Å²) in [4.78, 5) is 5.89. The van der Waals surface area contributed by atoms with Gasteiger partial charge in [0.25, 0.3) is 0 Å². The SMILES string of the molecule is Cc1nnc2c(Sc3ccccc3)nc3ccccc3n12. The molecule has 0 aliphatic carbocycles. The van der Waals surface area contributed by atoms with Gasteiger partial charge in [0.15, 0.2) is 5.65 Å². The predicted octanol–water partition coefficient (Wildman–Crippen LogP) is 3.74. The van der Waals surface area contributed by atoms with Crippen molar-refractivity contribution in [2.24, 2.45) is 0 Å². The van der Waals surface area contributed by atoms with Gasteiger partial charge in [-0.2, -0.15) is 0 Å². The summed E-state index contributed by atoms with van der Waals surface area (Å²) in [6.45, 7) is 1.96. The minimum absolute atomic E-state index is 0.806. The lowest BCUT2D eigenvalue weighted by atomic mass is 10.3. The van der Waals surface area contributed by atoms with Crippen LogP contribution in [0.15, 0.2) is 64.5 Å². The Kier molecular flexibility index (Phi) is 2.86. The molecule has 5 heteroatoms. The number of benzene rings is 2. The molecule has 0 bridgehead atoms. The van der Waals surface area contributed by atoms with Gasteiger partial charge < -0.3 is 0 Å². The van der Waals surface area contributed by atoms with Gasteiger partial charge in [-0.05, 0) is 31.2 Å². The Morgan fingerprint density at radius 3 is 2.52 bits per heavy atom. The van der Waals surface area contributed by atoms with Crippen LogP contribution in [-0.2, 0) is 0 Å². The lowest BCUT2D eigenvalue weighted by Gasteiger charge is -2.07. The number of hydrogen-bond acceptors (Lipinski definition) is 4. The van der Waals surface area contributed by atoms with Crippen LogP contribution in [0.1, 0.15) is 5.82 Å². The van der Waals surface area contributed by atoms with Crippen molar-refractivity contribution in [2.45, 2.75) is 16.8 Å². The molecule has 0 amide bonds. The van der Waals surface area contributed by atoms with E-state index < -0.39 is 0 Å². The van der Waals surface area contributed by atoms with Crippen LogP contribution in [-0.4, -0.2) is 19.6 Å². The Morgan fingerprint density at radius 2 is 1.67 bits per heavy atom. The summed E-state index contributed by atoms with van der Waals surface area (Å²) < 4.78 is 2.06. The van der Waals surface area contributed by atoms with E-state index in [1.165, 1.54) is 0 Å². The van der Waals surface area contributed by atoms with Gasteiger partial charge in [-0.25, -0.2) is 4.98 Å². The van der Waals surface area contributed by atoms with Crippen molar-refractivity contribution >= 4 is 28.4 Å². The Labute approximate surface area is 125 Å². The van der Waals surface area contributed by atoms with Crippen molar-refractivity contribution in [3.8, 4) is 0 Å². The molecule has 2 heterocycles. The molecule has 4 aromatic rings. The van der Waals surface area contributed by atoms with Gasteiger partial charge in [-0.15, -0.1) is 10.2 Å². The molecular weight excluding hydrogens is 280 g/mol. The topological polar surface area (TPSA) is 43.1 Å². The largest absolute Gasteiger partial charge is 0.275 e. The first-order valence-corrected chi connectivity index (χ1v) is 7.48. The van der Waals surface area contributed by atoms with Gasteiger partial charge in [0.05, 0.1) is 11.0 Å². The average molecular weight is 292 g/mol. The van der Waals surface area contributed by atoms with Crippen LogP contribution in [0.2, 0.25) is 0 Å². The van der Waals surface area contributed by atoms with Crippen molar-refractivity contribution in [3.05, 3.63) is 60.4 Å². The molecule has 0 aliphatic rings. The molecule has 0 atom stereocenters. The van der Waals surface area contributed by atoms with E-state index in [1.807, 2.05) is 49.4 Å². The van der Waals surface area contributed by atoms with Gasteiger partial charge in [-0.3, -0.25) is 4.40 Å². The number of fused-ring (bicyclic) bond motifs is 3. The highest BCUT2D eigenvalue weighted by Gasteiger charge is 2.13. The molecule has 0 spiro atoms. The Bertz CT molecular complexity index is 931. The third-order valence-corrected chi connectivity index (χ3v) is 4.29. The highest BCUT2D eigenvalue weighted by molar-refractivity contribution is 7.99. The van der Waals surface area contributed by atoms with Crippen molar-refractivity contribution in [2.75, 3.05) is 0 Å². The van der Waals surface area contributed by atoms with Gasteiger partial charge in [0.1, 0.15) is 10.9 Å². The predicted molar refractivity (Wildman–Crippen MR) is 83.6 cm³/mol. The van der Waals surface area contributed by atoms with E-state index in [-0.39, 0.29) is 0 Å². The highest BCUT2D eigenvalue weighted by atomic mass is 32.2. The van der Waals surface area contributed by atoms with E-state index >= 15 is 0 Å². The molecule has 0 saturated carbocycles. The van der Waals surface area contributed by atoms with E-state index in [1.54, 1.807) is 11.8 Å². The molecular formula is C16H12N4S. The first kappa shape index (κ1) is 12.3. The molecule has 102 valence electrons. The standard InChI is InChI=1S/C16H12N4S/c1-11-18-19-15-16(21-12-7-3-2-4-8-12)17-13-9-5-6-10-14(13)20(11)15/h2-10H,1H3. The zero-order valence-corrected chi connectivity index (χ0v) is 12.2. The van der Waals surface area contributed by atoms with E-state index in [0.29, 0.717) is 0 Å². The fourth-order valence-electron chi connectivity index (χ4n) is 2.37. The van der Waals surface area contributed by atoms with E-state index in [4.69, 9.17) is 4.98 Å². The number of para-hydroxylation sites is 2. The van der Waals surface area contributed by atoms with Crippen molar-refractivity contribution < 1.29 is 0 Å². The smallest absolute Gasteiger partial charge is 0.194 e. The number of nitrogens with zero attached hydrogens (tertiary/aromatic N) is 4. The summed E-state index contributed by atoms with van der Waals surface area (Å²) in [5, 5.41) is 9.38. The zero-order chi connectivity index (χ0) is 14.2. The molecule has 0 aliphatic heterocycles. The quantitative estimate of drug-likeness (QED) is 0.564. The fourth-order valence-corrected chi connectivity index (χ4v) is 3.25. The first-order valence-electron chi connectivity index (χ1n) is 6.66. The molecule has 4 rings (SSSR count). The maximum atomic E-state index is 4.75. The second-order valence-corrected chi connectivity index (χ2v) is 5.79. The minimum atomic E-state index is 0.806. The summed E-state index contributed by atoms with van der Waals surface area (Å²) in [7, 11) is 0. The Hall–Kier alpha value is -2.40. The van der Waals surface area contributed by atoms with Crippen LogP contribution in [0.5, 0.6) is 0 Å². The van der Waals surface area contributed by atoms with Crippen molar-refractivity contribution in [1.82, 2.24) is 19.6 Å². The summed E-state index contributed by atoms with van der Waals surface area (Å²) in [5.74, 6) is 0.874. The van der Waals surface area contributed by atoms with Crippen molar-refractivity contribution in [3.63, 3.8) is 0 Å². The maximum absolute atomic E-state index is 4.75. The van der Waals surface area contributed by atoms with Crippen molar-refractivity contribution in [1.29, 1.82) is 0 Å². The van der Waals surface area contributed by atoms with E-state index in [9.17, 15) is 0 Å².